The van der Waals surface area contributed by atoms with Crippen LogP contribution < -0.4 is 0 Å². The van der Waals surface area contributed by atoms with Crippen molar-refractivity contribution in [1.29, 1.82) is 0 Å². The van der Waals surface area contributed by atoms with Gasteiger partial charge in [-0.25, -0.2) is 0 Å². The molecule has 0 heterocycles. The topological polar surface area (TPSA) is 0 Å². The van der Waals surface area contributed by atoms with E-state index in [1.165, 1.54) is 87.0 Å². The molecule has 0 unspecified atom stereocenters. The maximum absolute atomic E-state index is 2.47. The second-order valence-corrected chi connectivity index (χ2v) is 8.26. The van der Waals surface area contributed by atoms with Crippen LogP contribution in [0.25, 0.3) is 10.8 Å². The average molecular weight is 337 g/mol. The minimum atomic E-state index is 0.798. The van der Waals surface area contributed by atoms with Crippen LogP contribution in [0.1, 0.15) is 95.1 Å². The van der Waals surface area contributed by atoms with Gasteiger partial charge >= 0.3 is 0 Å². The standard InChI is InChI=1S/C25H36/c1-3-5-7-9-21-12-15-25-19-24(17-16-23(25)18-21)22-13-10-20(11-14-22)8-6-4-2/h12,15-20,22H,3-11,13-14H2,1-2H3/t20-,22-. The van der Waals surface area contributed by atoms with Crippen molar-refractivity contribution in [3.8, 4) is 0 Å². The molecule has 0 bridgehead atoms. The Bertz CT molecular complexity index is 646. The quantitative estimate of drug-likeness (QED) is 0.428. The van der Waals surface area contributed by atoms with Gasteiger partial charge in [0.25, 0.3) is 0 Å². The molecule has 0 amide bonds. The summed E-state index contributed by atoms with van der Waals surface area (Å²) in [5, 5.41) is 2.86. The molecule has 0 N–H and O–H groups in total. The van der Waals surface area contributed by atoms with E-state index in [1.54, 1.807) is 5.56 Å². The van der Waals surface area contributed by atoms with E-state index in [4.69, 9.17) is 0 Å². The van der Waals surface area contributed by atoms with Crippen molar-refractivity contribution in [2.45, 2.75) is 90.4 Å². The summed E-state index contributed by atoms with van der Waals surface area (Å²) in [4.78, 5) is 0. The molecular formula is C25H36. The molecule has 1 saturated carbocycles. The maximum Gasteiger partial charge on any atom is -0.0162 e. The van der Waals surface area contributed by atoms with Gasteiger partial charge in [-0.15, -0.1) is 0 Å². The fourth-order valence-electron chi connectivity index (χ4n) is 4.58. The summed E-state index contributed by atoms with van der Waals surface area (Å²) in [6.45, 7) is 4.59. The largest absolute Gasteiger partial charge is 0.0654 e. The molecular weight excluding hydrogens is 300 g/mol. The molecule has 25 heavy (non-hydrogen) atoms. The molecule has 0 atom stereocenters. The Labute approximate surface area is 155 Å². The van der Waals surface area contributed by atoms with Crippen molar-refractivity contribution in [2.24, 2.45) is 5.92 Å². The van der Waals surface area contributed by atoms with Gasteiger partial charge in [-0.05, 0) is 72.3 Å². The first-order chi connectivity index (χ1) is 12.3. The van der Waals surface area contributed by atoms with E-state index in [0.29, 0.717) is 0 Å². The monoisotopic (exact) mass is 336 g/mol. The van der Waals surface area contributed by atoms with E-state index < -0.39 is 0 Å². The van der Waals surface area contributed by atoms with Crippen LogP contribution in [-0.4, -0.2) is 0 Å². The Morgan fingerprint density at radius 1 is 0.760 bits per heavy atom. The third kappa shape index (κ3) is 5.09. The van der Waals surface area contributed by atoms with Gasteiger partial charge in [0.2, 0.25) is 0 Å². The van der Waals surface area contributed by atoms with Gasteiger partial charge in [-0.1, -0.05) is 82.3 Å². The minimum Gasteiger partial charge on any atom is -0.0654 e. The lowest BCUT2D eigenvalue weighted by atomic mass is 9.77. The number of hydrogen-bond acceptors (Lipinski definition) is 0. The van der Waals surface area contributed by atoms with E-state index in [0.717, 1.165) is 11.8 Å². The van der Waals surface area contributed by atoms with Gasteiger partial charge in [0.15, 0.2) is 0 Å². The summed E-state index contributed by atoms with van der Waals surface area (Å²) in [5.74, 6) is 1.80. The molecule has 2 aromatic carbocycles. The van der Waals surface area contributed by atoms with Crippen molar-refractivity contribution in [1.82, 2.24) is 0 Å². The molecule has 1 aliphatic rings. The number of fused-ring (bicyclic) bond motifs is 1. The van der Waals surface area contributed by atoms with Gasteiger partial charge < -0.3 is 0 Å². The highest BCUT2D eigenvalue weighted by atomic mass is 14.3. The molecule has 1 aliphatic carbocycles. The predicted octanol–water partition coefficient (Wildman–Crippen LogP) is 8.04. The molecule has 0 aromatic heterocycles. The Morgan fingerprint density at radius 3 is 2.24 bits per heavy atom. The van der Waals surface area contributed by atoms with E-state index in [-0.39, 0.29) is 0 Å². The van der Waals surface area contributed by atoms with Crippen molar-refractivity contribution in [2.75, 3.05) is 0 Å². The van der Waals surface area contributed by atoms with Crippen LogP contribution in [0.3, 0.4) is 0 Å². The van der Waals surface area contributed by atoms with E-state index in [1.807, 2.05) is 0 Å². The zero-order valence-corrected chi connectivity index (χ0v) is 16.4. The third-order valence-electron chi connectivity index (χ3n) is 6.28. The molecule has 3 rings (SSSR count). The van der Waals surface area contributed by atoms with Crippen LogP contribution in [0.15, 0.2) is 36.4 Å². The lowest BCUT2D eigenvalue weighted by molar-refractivity contribution is 0.304. The fraction of sp³-hybridized carbons (Fsp3) is 0.600. The van der Waals surface area contributed by atoms with Crippen molar-refractivity contribution >= 4 is 10.8 Å². The highest BCUT2D eigenvalue weighted by Crippen LogP contribution is 2.38. The molecule has 0 heteroatoms. The summed E-state index contributed by atoms with van der Waals surface area (Å²) in [6, 6.07) is 14.4. The smallest absolute Gasteiger partial charge is 0.0162 e. The molecule has 0 aliphatic heterocycles. The second-order valence-electron chi connectivity index (χ2n) is 8.26. The summed E-state index contributed by atoms with van der Waals surface area (Å²) in [5.41, 5.74) is 3.09. The molecule has 2 aromatic rings. The SMILES string of the molecule is CCCCCc1ccc2cc([C@H]3CC[C@H](CCCC)CC3)ccc2c1. The molecule has 0 radical (unpaired) electrons. The van der Waals surface area contributed by atoms with Gasteiger partial charge in [-0.2, -0.15) is 0 Å². The van der Waals surface area contributed by atoms with E-state index in [9.17, 15) is 0 Å². The average Bonchev–Trinajstić information content (AvgIpc) is 2.66. The highest BCUT2D eigenvalue weighted by molar-refractivity contribution is 5.84. The Balaban J connectivity index is 1.62. The van der Waals surface area contributed by atoms with Crippen LogP contribution in [0.5, 0.6) is 0 Å². The van der Waals surface area contributed by atoms with E-state index >= 15 is 0 Å². The van der Waals surface area contributed by atoms with Gasteiger partial charge in [0, 0.05) is 0 Å². The molecule has 136 valence electrons. The Hall–Kier alpha value is -1.30. The molecule has 0 spiro atoms. The summed E-state index contributed by atoms with van der Waals surface area (Å²) in [6.07, 6.45) is 15.1. The normalized spacial score (nSPS) is 20.9. The molecule has 0 saturated heterocycles. The maximum atomic E-state index is 2.47. The Kier molecular flexibility index (Phi) is 6.96. The summed E-state index contributed by atoms with van der Waals surface area (Å²) >= 11 is 0. The van der Waals surface area contributed by atoms with Crippen molar-refractivity contribution in [3.05, 3.63) is 47.5 Å². The number of hydrogen-bond donors (Lipinski definition) is 0. The van der Waals surface area contributed by atoms with Gasteiger partial charge in [-0.3, -0.25) is 0 Å². The number of aryl methyl sites for hydroxylation is 1. The molecule has 0 nitrogen and oxygen atoms in total. The molecule has 1 fully saturated rings. The summed E-state index contributed by atoms with van der Waals surface area (Å²) < 4.78 is 0. The summed E-state index contributed by atoms with van der Waals surface area (Å²) in [7, 11) is 0. The van der Waals surface area contributed by atoms with Crippen LogP contribution in [0, 0.1) is 5.92 Å². The van der Waals surface area contributed by atoms with Crippen LogP contribution in [0.4, 0.5) is 0 Å². The van der Waals surface area contributed by atoms with Crippen LogP contribution in [0.2, 0.25) is 0 Å². The first-order valence-corrected chi connectivity index (χ1v) is 10.8. The highest BCUT2D eigenvalue weighted by Gasteiger charge is 2.22. The minimum absolute atomic E-state index is 0.798. The lowest BCUT2D eigenvalue weighted by Gasteiger charge is -2.29. The second kappa shape index (κ2) is 9.41. The Morgan fingerprint density at radius 2 is 1.48 bits per heavy atom. The number of benzene rings is 2. The first-order valence-electron chi connectivity index (χ1n) is 10.8. The number of rotatable bonds is 8. The van der Waals surface area contributed by atoms with Gasteiger partial charge in [0.05, 0.1) is 0 Å². The first kappa shape index (κ1) is 18.5. The van der Waals surface area contributed by atoms with Crippen molar-refractivity contribution in [3.63, 3.8) is 0 Å². The third-order valence-corrected chi connectivity index (χ3v) is 6.28. The van der Waals surface area contributed by atoms with Gasteiger partial charge in [0.1, 0.15) is 0 Å². The zero-order chi connectivity index (χ0) is 17.5. The fourth-order valence-corrected chi connectivity index (χ4v) is 4.58. The predicted molar refractivity (Wildman–Crippen MR) is 111 cm³/mol. The zero-order valence-electron chi connectivity index (χ0n) is 16.4. The number of unbranched alkanes of at least 4 members (excludes halogenated alkanes) is 3. The lowest BCUT2D eigenvalue weighted by Crippen LogP contribution is -2.13. The van der Waals surface area contributed by atoms with Crippen LogP contribution in [-0.2, 0) is 6.42 Å². The van der Waals surface area contributed by atoms with Crippen molar-refractivity contribution < 1.29 is 0 Å². The van der Waals surface area contributed by atoms with E-state index in [2.05, 4.69) is 50.2 Å². The van der Waals surface area contributed by atoms with Crippen LogP contribution >= 0.6 is 0 Å².